The molecule has 0 spiro atoms. The molecule has 0 saturated carbocycles. The van der Waals surface area contributed by atoms with Crippen LogP contribution >= 0.6 is 0 Å². The molecule has 1 aromatic carbocycles. The number of aryl methyl sites for hydroxylation is 1. The first-order chi connectivity index (χ1) is 13.6. The van der Waals surface area contributed by atoms with Crippen LogP contribution in [-0.4, -0.2) is 39.7 Å². The van der Waals surface area contributed by atoms with E-state index in [1.54, 1.807) is 17.3 Å². The van der Waals surface area contributed by atoms with Gasteiger partial charge in [-0.05, 0) is 42.2 Å². The van der Waals surface area contributed by atoms with E-state index in [1.807, 2.05) is 29.2 Å². The topological polar surface area (TPSA) is 53.5 Å². The van der Waals surface area contributed by atoms with Gasteiger partial charge in [0.25, 0.3) is 0 Å². The van der Waals surface area contributed by atoms with Crippen molar-refractivity contribution in [1.29, 1.82) is 0 Å². The molecular formula is C23H29N3O2. The van der Waals surface area contributed by atoms with Gasteiger partial charge >= 0.3 is 0 Å². The number of aromatic nitrogens is 1. The van der Waals surface area contributed by atoms with Gasteiger partial charge in [-0.2, -0.15) is 0 Å². The van der Waals surface area contributed by atoms with E-state index in [-0.39, 0.29) is 17.7 Å². The Hall–Kier alpha value is -2.69. The fourth-order valence-electron chi connectivity index (χ4n) is 3.67. The maximum atomic E-state index is 13.2. The molecule has 2 aromatic rings. The molecular weight excluding hydrogens is 350 g/mol. The van der Waals surface area contributed by atoms with Crippen molar-refractivity contribution in [1.82, 2.24) is 14.8 Å². The van der Waals surface area contributed by atoms with Gasteiger partial charge in [0.05, 0.1) is 5.92 Å². The second kappa shape index (κ2) is 9.49. The van der Waals surface area contributed by atoms with Crippen molar-refractivity contribution in [2.75, 3.05) is 13.1 Å². The number of hydrogen-bond donors (Lipinski definition) is 0. The number of pyridine rings is 1. The average molecular weight is 380 g/mol. The van der Waals surface area contributed by atoms with Crippen LogP contribution in [0.1, 0.15) is 42.9 Å². The maximum absolute atomic E-state index is 13.2. The summed E-state index contributed by atoms with van der Waals surface area (Å²) >= 11 is 0. The molecule has 1 atom stereocenters. The third-order valence-corrected chi connectivity index (χ3v) is 5.40. The SMILES string of the molecule is CCCCN(Cc1ccccc1C)C(=O)C1CC(=O)N(Cc2ccncc2)C1. The Morgan fingerprint density at radius 3 is 2.68 bits per heavy atom. The summed E-state index contributed by atoms with van der Waals surface area (Å²) in [5.74, 6) is -0.0982. The van der Waals surface area contributed by atoms with Gasteiger partial charge in [-0.15, -0.1) is 0 Å². The summed E-state index contributed by atoms with van der Waals surface area (Å²) in [5, 5.41) is 0. The van der Waals surface area contributed by atoms with E-state index >= 15 is 0 Å². The Bertz CT molecular complexity index is 807. The van der Waals surface area contributed by atoms with E-state index in [4.69, 9.17) is 0 Å². The highest BCUT2D eigenvalue weighted by Gasteiger charge is 2.36. The second-order valence-corrected chi connectivity index (χ2v) is 7.57. The summed E-state index contributed by atoms with van der Waals surface area (Å²) in [5.41, 5.74) is 3.41. The zero-order valence-corrected chi connectivity index (χ0v) is 16.8. The summed E-state index contributed by atoms with van der Waals surface area (Å²) in [7, 11) is 0. The van der Waals surface area contributed by atoms with Crippen LogP contribution in [0.3, 0.4) is 0 Å². The molecule has 5 nitrogen and oxygen atoms in total. The molecule has 1 aliphatic heterocycles. The number of nitrogens with zero attached hydrogens (tertiary/aromatic N) is 3. The zero-order valence-electron chi connectivity index (χ0n) is 16.8. The molecule has 3 rings (SSSR count). The predicted molar refractivity (Wildman–Crippen MR) is 109 cm³/mol. The molecule has 28 heavy (non-hydrogen) atoms. The highest BCUT2D eigenvalue weighted by molar-refractivity contribution is 5.89. The molecule has 1 unspecified atom stereocenters. The predicted octanol–water partition coefficient (Wildman–Crippen LogP) is 3.57. The van der Waals surface area contributed by atoms with Gasteiger partial charge in [0.1, 0.15) is 0 Å². The number of hydrogen-bond acceptors (Lipinski definition) is 3. The first kappa shape index (κ1) is 20.1. The highest BCUT2D eigenvalue weighted by Crippen LogP contribution is 2.23. The lowest BCUT2D eigenvalue weighted by atomic mass is 10.0. The van der Waals surface area contributed by atoms with Crippen molar-refractivity contribution < 1.29 is 9.59 Å². The summed E-state index contributed by atoms with van der Waals surface area (Å²) in [6, 6.07) is 12.0. The first-order valence-electron chi connectivity index (χ1n) is 10.1. The average Bonchev–Trinajstić information content (AvgIpc) is 3.07. The van der Waals surface area contributed by atoms with Gasteiger partial charge in [-0.3, -0.25) is 14.6 Å². The molecule has 1 aliphatic rings. The minimum atomic E-state index is -0.254. The number of carbonyl (C=O) groups excluding carboxylic acids is 2. The number of amides is 2. The minimum Gasteiger partial charge on any atom is -0.338 e. The van der Waals surface area contributed by atoms with E-state index in [0.717, 1.165) is 24.9 Å². The number of likely N-dealkylation sites (tertiary alicyclic amines) is 1. The Balaban J connectivity index is 1.68. The van der Waals surface area contributed by atoms with E-state index in [1.165, 1.54) is 11.1 Å². The molecule has 1 aromatic heterocycles. The summed E-state index contributed by atoms with van der Waals surface area (Å²) in [4.78, 5) is 33.5. The summed E-state index contributed by atoms with van der Waals surface area (Å²) in [6.45, 7) is 6.59. The molecule has 0 aliphatic carbocycles. The van der Waals surface area contributed by atoms with E-state index in [9.17, 15) is 9.59 Å². The van der Waals surface area contributed by atoms with Crippen molar-refractivity contribution in [3.8, 4) is 0 Å². The first-order valence-corrected chi connectivity index (χ1v) is 10.1. The smallest absolute Gasteiger partial charge is 0.228 e. The molecule has 2 heterocycles. The lowest BCUT2D eigenvalue weighted by Gasteiger charge is -2.26. The molecule has 1 saturated heterocycles. The van der Waals surface area contributed by atoms with Crippen LogP contribution in [0.4, 0.5) is 0 Å². The Morgan fingerprint density at radius 1 is 1.21 bits per heavy atom. The van der Waals surface area contributed by atoms with Crippen molar-refractivity contribution in [2.24, 2.45) is 5.92 Å². The lowest BCUT2D eigenvalue weighted by Crippen LogP contribution is -2.37. The van der Waals surface area contributed by atoms with Gasteiger partial charge < -0.3 is 9.80 Å². The largest absolute Gasteiger partial charge is 0.338 e. The normalized spacial score (nSPS) is 16.4. The zero-order chi connectivity index (χ0) is 19.9. The monoisotopic (exact) mass is 379 g/mol. The van der Waals surface area contributed by atoms with E-state index in [0.29, 0.717) is 26.1 Å². The lowest BCUT2D eigenvalue weighted by molar-refractivity contribution is -0.136. The Kier molecular flexibility index (Phi) is 6.80. The number of rotatable bonds is 8. The standard InChI is InChI=1S/C23H29N3O2/c1-3-4-13-25(16-20-8-6-5-7-18(20)2)23(28)21-14-22(27)26(17-21)15-19-9-11-24-12-10-19/h5-12,21H,3-4,13-17H2,1-2H3. The summed E-state index contributed by atoms with van der Waals surface area (Å²) in [6.07, 6.45) is 5.77. The van der Waals surface area contributed by atoms with Crippen LogP contribution in [0.2, 0.25) is 0 Å². The van der Waals surface area contributed by atoms with Crippen molar-refractivity contribution >= 4 is 11.8 Å². The highest BCUT2D eigenvalue weighted by atomic mass is 16.2. The molecule has 1 fully saturated rings. The van der Waals surface area contributed by atoms with Gasteiger partial charge in [-0.25, -0.2) is 0 Å². The molecule has 0 radical (unpaired) electrons. The molecule has 0 bridgehead atoms. The van der Waals surface area contributed by atoms with Gasteiger partial charge in [0, 0.05) is 45.0 Å². The number of unbranched alkanes of at least 4 members (excludes halogenated alkanes) is 1. The van der Waals surface area contributed by atoms with Crippen molar-refractivity contribution in [3.63, 3.8) is 0 Å². The molecule has 2 amide bonds. The van der Waals surface area contributed by atoms with E-state index < -0.39 is 0 Å². The fourth-order valence-corrected chi connectivity index (χ4v) is 3.67. The Labute approximate surface area is 167 Å². The van der Waals surface area contributed by atoms with Crippen LogP contribution in [0.5, 0.6) is 0 Å². The van der Waals surface area contributed by atoms with Crippen LogP contribution in [-0.2, 0) is 22.7 Å². The summed E-state index contributed by atoms with van der Waals surface area (Å²) < 4.78 is 0. The minimum absolute atomic E-state index is 0.0569. The van der Waals surface area contributed by atoms with Crippen LogP contribution < -0.4 is 0 Å². The van der Waals surface area contributed by atoms with Gasteiger partial charge in [0.2, 0.25) is 11.8 Å². The van der Waals surface area contributed by atoms with Gasteiger partial charge in [-0.1, -0.05) is 37.6 Å². The van der Waals surface area contributed by atoms with Crippen LogP contribution in [0.15, 0.2) is 48.8 Å². The third kappa shape index (κ3) is 4.97. The van der Waals surface area contributed by atoms with Crippen molar-refractivity contribution in [3.05, 3.63) is 65.5 Å². The van der Waals surface area contributed by atoms with Crippen molar-refractivity contribution in [2.45, 2.75) is 46.2 Å². The third-order valence-electron chi connectivity index (χ3n) is 5.40. The molecule has 0 N–H and O–H groups in total. The molecule has 148 valence electrons. The Morgan fingerprint density at radius 2 is 1.96 bits per heavy atom. The number of carbonyl (C=O) groups is 2. The van der Waals surface area contributed by atoms with Crippen LogP contribution in [0.25, 0.3) is 0 Å². The second-order valence-electron chi connectivity index (χ2n) is 7.57. The quantitative estimate of drug-likeness (QED) is 0.705. The number of benzene rings is 1. The fraction of sp³-hybridized carbons (Fsp3) is 0.435. The van der Waals surface area contributed by atoms with E-state index in [2.05, 4.69) is 31.0 Å². The maximum Gasteiger partial charge on any atom is 0.228 e. The van der Waals surface area contributed by atoms with Crippen LogP contribution in [0, 0.1) is 12.8 Å². The molecule has 5 heteroatoms. The van der Waals surface area contributed by atoms with Gasteiger partial charge in [0.15, 0.2) is 0 Å².